The standard InChI is InChI=1S/C11H10Br3ClO2/c1-7(13)11(14,6-12)10(16)17-9-5-3-2-4-8(9)15/h2-5,7H,6H2,1H3. The Kier molecular flexibility index (Phi) is 5.96. The van der Waals surface area contributed by atoms with E-state index in [4.69, 9.17) is 16.3 Å². The molecule has 0 aromatic heterocycles. The fourth-order valence-corrected chi connectivity index (χ4v) is 2.79. The van der Waals surface area contributed by atoms with Gasteiger partial charge in [-0.15, -0.1) is 0 Å². The molecule has 0 aliphatic heterocycles. The van der Waals surface area contributed by atoms with Gasteiger partial charge < -0.3 is 4.74 Å². The third-order valence-electron chi connectivity index (χ3n) is 2.20. The van der Waals surface area contributed by atoms with E-state index in [1.807, 2.05) is 6.92 Å². The van der Waals surface area contributed by atoms with Gasteiger partial charge in [0.25, 0.3) is 0 Å². The van der Waals surface area contributed by atoms with Crippen molar-refractivity contribution in [3.8, 4) is 5.75 Å². The van der Waals surface area contributed by atoms with Gasteiger partial charge in [0.1, 0.15) is 10.1 Å². The first-order valence-corrected chi connectivity index (χ1v) is 7.98. The largest absolute Gasteiger partial charge is 0.424 e. The van der Waals surface area contributed by atoms with Crippen LogP contribution in [0, 0.1) is 0 Å². The van der Waals surface area contributed by atoms with Crippen LogP contribution in [0.5, 0.6) is 5.75 Å². The van der Waals surface area contributed by atoms with Crippen LogP contribution in [0.1, 0.15) is 6.92 Å². The molecule has 0 bridgehead atoms. The number of alkyl halides is 3. The van der Waals surface area contributed by atoms with Gasteiger partial charge >= 0.3 is 5.97 Å². The highest BCUT2D eigenvalue weighted by Crippen LogP contribution is 2.33. The fourth-order valence-electron chi connectivity index (χ4n) is 1.04. The lowest BCUT2D eigenvalue weighted by Crippen LogP contribution is -2.44. The van der Waals surface area contributed by atoms with E-state index in [9.17, 15) is 4.79 Å². The first-order chi connectivity index (χ1) is 7.91. The van der Waals surface area contributed by atoms with Crippen molar-refractivity contribution in [2.75, 3.05) is 5.33 Å². The molecular weight excluding hydrogens is 439 g/mol. The fraction of sp³-hybridized carbons (Fsp3) is 0.364. The average Bonchev–Trinajstić information content (AvgIpc) is 2.30. The second-order valence-electron chi connectivity index (χ2n) is 3.43. The van der Waals surface area contributed by atoms with Crippen molar-refractivity contribution >= 4 is 65.4 Å². The predicted octanol–water partition coefficient (Wildman–Crippen LogP) is 4.56. The Labute approximate surface area is 130 Å². The Morgan fingerprint density at radius 3 is 2.59 bits per heavy atom. The molecule has 94 valence electrons. The Bertz CT molecular complexity index is 411. The Morgan fingerprint density at radius 1 is 1.53 bits per heavy atom. The first kappa shape index (κ1) is 15.5. The number of para-hydroxylation sites is 1. The highest BCUT2D eigenvalue weighted by molar-refractivity contribution is 9.14. The first-order valence-electron chi connectivity index (χ1n) is 4.77. The highest BCUT2D eigenvalue weighted by Gasteiger charge is 2.41. The molecule has 0 N–H and O–H groups in total. The zero-order valence-electron chi connectivity index (χ0n) is 8.92. The number of carbonyl (C=O) groups excluding carboxylic acids is 1. The molecule has 0 aliphatic carbocycles. The van der Waals surface area contributed by atoms with E-state index in [2.05, 4.69) is 47.8 Å². The maximum absolute atomic E-state index is 12.1. The van der Waals surface area contributed by atoms with E-state index in [0.717, 1.165) is 0 Å². The number of benzene rings is 1. The van der Waals surface area contributed by atoms with Crippen LogP contribution in [0.4, 0.5) is 0 Å². The van der Waals surface area contributed by atoms with Crippen LogP contribution >= 0.6 is 59.4 Å². The minimum absolute atomic E-state index is 0.0932. The van der Waals surface area contributed by atoms with E-state index in [1.54, 1.807) is 24.3 Å². The maximum Gasteiger partial charge on any atom is 0.330 e. The summed E-state index contributed by atoms with van der Waals surface area (Å²) in [5.41, 5.74) is 0. The van der Waals surface area contributed by atoms with Gasteiger partial charge in [-0.05, 0) is 12.1 Å². The lowest BCUT2D eigenvalue weighted by Gasteiger charge is -2.25. The third kappa shape index (κ3) is 3.69. The van der Waals surface area contributed by atoms with Gasteiger partial charge in [0.15, 0.2) is 0 Å². The van der Waals surface area contributed by atoms with Crippen LogP contribution in [-0.2, 0) is 4.79 Å². The van der Waals surface area contributed by atoms with Crippen LogP contribution in [0.25, 0.3) is 0 Å². The van der Waals surface area contributed by atoms with Crippen LogP contribution in [0.2, 0.25) is 5.02 Å². The highest BCUT2D eigenvalue weighted by atomic mass is 79.9. The summed E-state index contributed by atoms with van der Waals surface area (Å²) in [6, 6.07) is 6.86. The summed E-state index contributed by atoms with van der Waals surface area (Å²) >= 11 is 16.0. The summed E-state index contributed by atoms with van der Waals surface area (Å²) in [6.45, 7) is 1.86. The summed E-state index contributed by atoms with van der Waals surface area (Å²) in [6.07, 6.45) is 0. The molecule has 6 heteroatoms. The quantitative estimate of drug-likeness (QED) is 0.383. The number of esters is 1. The van der Waals surface area contributed by atoms with Crippen molar-refractivity contribution in [2.45, 2.75) is 16.1 Å². The van der Waals surface area contributed by atoms with Crippen LogP contribution in [-0.4, -0.2) is 20.5 Å². The molecule has 0 spiro atoms. The number of hydrogen-bond donors (Lipinski definition) is 0. The minimum Gasteiger partial charge on any atom is -0.424 e. The van der Waals surface area contributed by atoms with Crippen molar-refractivity contribution in [1.29, 1.82) is 0 Å². The van der Waals surface area contributed by atoms with E-state index < -0.39 is 10.3 Å². The second-order valence-corrected chi connectivity index (χ2v) is 7.19. The lowest BCUT2D eigenvalue weighted by molar-refractivity contribution is -0.136. The molecule has 2 atom stereocenters. The van der Waals surface area contributed by atoms with Gasteiger partial charge in [-0.1, -0.05) is 78.4 Å². The third-order valence-corrected chi connectivity index (χ3v) is 6.84. The second kappa shape index (κ2) is 6.55. The zero-order valence-corrected chi connectivity index (χ0v) is 14.4. The average molecular weight is 449 g/mol. The number of carbonyl (C=O) groups is 1. The van der Waals surface area contributed by atoms with Gasteiger partial charge in [-0.2, -0.15) is 0 Å². The van der Waals surface area contributed by atoms with E-state index in [1.165, 1.54) is 0 Å². The topological polar surface area (TPSA) is 26.3 Å². The molecule has 2 nitrogen and oxygen atoms in total. The Balaban J connectivity index is 2.89. The number of hydrogen-bond acceptors (Lipinski definition) is 2. The summed E-state index contributed by atoms with van der Waals surface area (Å²) in [5.74, 6) is -0.0380. The lowest BCUT2D eigenvalue weighted by atomic mass is 10.1. The SMILES string of the molecule is CC(Br)C(Br)(CBr)C(=O)Oc1ccccc1Cl. The molecule has 0 saturated heterocycles. The normalized spacial score (nSPS) is 16.1. The van der Waals surface area contributed by atoms with Gasteiger partial charge in [0.05, 0.1) is 5.02 Å². The smallest absolute Gasteiger partial charge is 0.330 e. The van der Waals surface area contributed by atoms with Gasteiger partial charge in [0, 0.05) is 10.2 Å². The minimum atomic E-state index is -0.827. The van der Waals surface area contributed by atoms with Crippen molar-refractivity contribution in [3.05, 3.63) is 29.3 Å². The van der Waals surface area contributed by atoms with Crippen molar-refractivity contribution in [3.63, 3.8) is 0 Å². The number of rotatable bonds is 4. The molecule has 0 fully saturated rings. The van der Waals surface area contributed by atoms with Crippen LogP contribution < -0.4 is 4.74 Å². The van der Waals surface area contributed by atoms with Crippen molar-refractivity contribution in [1.82, 2.24) is 0 Å². The van der Waals surface area contributed by atoms with E-state index in [0.29, 0.717) is 16.1 Å². The molecule has 0 saturated carbocycles. The van der Waals surface area contributed by atoms with Crippen LogP contribution in [0.15, 0.2) is 24.3 Å². The van der Waals surface area contributed by atoms with Crippen LogP contribution in [0.3, 0.4) is 0 Å². The molecule has 0 heterocycles. The molecule has 0 amide bonds. The van der Waals surface area contributed by atoms with Crippen molar-refractivity contribution in [2.24, 2.45) is 0 Å². The molecule has 0 radical (unpaired) electrons. The Morgan fingerprint density at radius 2 is 2.12 bits per heavy atom. The molecule has 17 heavy (non-hydrogen) atoms. The molecule has 1 aromatic carbocycles. The monoisotopic (exact) mass is 446 g/mol. The summed E-state index contributed by atoms with van der Waals surface area (Å²) in [4.78, 5) is 12.0. The summed E-state index contributed by atoms with van der Waals surface area (Å²) in [7, 11) is 0. The van der Waals surface area contributed by atoms with Crippen molar-refractivity contribution < 1.29 is 9.53 Å². The molecule has 1 aromatic rings. The van der Waals surface area contributed by atoms with Gasteiger partial charge in [-0.3, -0.25) is 4.79 Å². The van der Waals surface area contributed by atoms with Gasteiger partial charge in [-0.25, -0.2) is 0 Å². The molecule has 1 rings (SSSR count). The van der Waals surface area contributed by atoms with E-state index in [-0.39, 0.29) is 4.83 Å². The molecule has 0 aliphatic rings. The summed E-state index contributed by atoms with van der Waals surface area (Å²) in [5, 5.41) is 0.836. The van der Waals surface area contributed by atoms with E-state index >= 15 is 0 Å². The Hall–Kier alpha value is 0.420. The molecule has 2 unspecified atom stereocenters. The number of ether oxygens (including phenoxy) is 1. The maximum atomic E-state index is 12.1. The zero-order chi connectivity index (χ0) is 13.1. The predicted molar refractivity (Wildman–Crippen MR) is 80.9 cm³/mol. The summed E-state index contributed by atoms with van der Waals surface area (Å²) < 4.78 is 4.46. The number of halogens is 4. The van der Waals surface area contributed by atoms with Gasteiger partial charge in [0.2, 0.25) is 0 Å². The molecular formula is C11H10Br3ClO2.